The highest BCUT2D eigenvalue weighted by molar-refractivity contribution is 7.91. The number of hydrogen-bond acceptors (Lipinski definition) is 4. The van der Waals surface area contributed by atoms with Gasteiger partial charge in [-0.05, 0) is 30.5 Å². The average Bonchev–Trinajstić information content (AvgIpc) is 3.24. The maximum absolute atomic E-state index is 12.9. The van der Waals surface area contributed by atoms with Gasteiger partial charge in [-0.15, -0.1) is 11.3 Å². The van der Waals surface area contributed by atoms with Gasteiger partial charge in [0.1, 0.15) is 10.3 Å². The monoisotopic (exact) mass is 398 g/mol. The molecule has 0 saturated carbocycles. The van der Waals surface area contributed by atoms with Gasteiger partial charge in [-0.1, -0.05) is 41.9 Å². The van der Waals surface area contributed by atoms with Gasteiger partial charge in [0.05, 0.1) is 4.34 Å². The molecule has 1 unspecified atom stereocenters. The molecule has 1 atom stereocenters. The zero-order valence-corrected chi connectivity index (χ0v) is 16.1. The third-order valence-corrected chi connectivity index (χ3v) is 7.85. The van der Waals surface area contributed by atoms with Crippen LogP contribution >= 0.6 is 22.9 Å². The third kappa shape index (κ3) is 3.89. The topological polar surface area (TPSA) is 57.7 Å². The van der Waals surface area contributed by atoms with Crippen molar-refractivity contribution in [3.63, 3.8) is 0 Å². The van der Waals surface area contributed by atoms with Crippen molar-refractivity contribution in [1.82, 2.24) is 9.21 Å². The highest BCUT2D eigenvalue weighted by atomic mass is 35.5. The maximum atomic E-state index is 12.9. The second-order valence-corrected chi connectivity index (χ2v) is 9.84. The van der Waals surface area contributed by atoms with Gasteiger partial charge in [0.2, 0.25) is 5.91 Å². The summed E-state index contributed by atoms with van der Waals surface area (Å²) in [5.74, 6) is -0.174. The number of nitrogens with zero attached hydrogens (tertiary/aromatic N) is 2. The van der Waals surface area contributed by atoms with Crippen molar-refractivity contribution in [1.29, 1.82) is 0 Å². The van der Waals surface area contributed by atoms with Crippen molar-refractivity contribution in [2.45, 2.75) is 29.6 Å². The van der Waals surface area contributed by atoms with Crippen molar-refractivity contribution in [2.24, 2.45) is 0 Å². The number of carbonyl (C=O) groups is 1. The molecule has 1 aromatic carbocycles. The standard InChI is InChI=1S/C17H19ClN2O3S2/c1-19(12-13-6-3-2-4-7-13)17(21)14-8-5-11-20(14)25(22,23)16-10-9-15(18)24-16/h2-4,6-7,9-10,14H,5,8,11-12H2,1H3. The zero-order valence-electron chi connectivity index (χ0n) is 13.8. The van der Waals surface area contributed by atoms with Crippen LogP contribution in [0.25, 0.3) is 0 Å². The summed E-state index contributed by atoms with van der Waals surface area (Å²) in [5, 5.41) is 0. The van der Waals surface area contributed by atoms with Crippen molar-refractivity contribution < 1.29 is 13.2 Å². The van der Waals surface area contributed by atoms with E-state index in [-0.39, 0.29) is 10.1 Å². The van der Waals surface area contributed by atoms with Crippen LogP contribution in [-0.2, 0) is 21.4 Å². The van der Waals surface area contributed by atoms with Crippen LogP contribution in [0.1, 0.15) is 18.4 Å². The lowest BCUT2D eigenvalue weighted by molar-refractivity contribution is -0.133. The van der Waals surface area contributed by atoms with E-state index in [1.54, 1.807) is 18.0 Å². The van der Waals surface area contributed by atoms with Crippen LogP contribution in [0.3, 0.4) is 0 Å². The van der Waals surface area contributed by atoms with Crippen LogP contribution in [-0.4, -0.2) is 43.2 Å². The van der Waals surface area contributed by atoms with E-state index >= 15 is 0 Å². The molecule has 5 nitrogen and oxygen atoms in total. The predicted molar refractivity (Wildman–Crippen MR) is 99.2 cm³/mol. The second-order valence-electron chi connectivity index (χ2n) is 6.01. The molecule has 3 rings (SSSR count). The second kappa shape index (κ2) is 7.45. The lowest BCUT2D eigenvalue weighted by Gasteiger charge is -2.27. The first-order chi connectivity index (χ1) is 11.9. The number of rotatable bonds is 5. The molecule has 0 spiro atoms. The summed E-state index contributed by atoms with van der Waals surface area (Å²) in [7, 11) is -1.99. The minimum atomic E-state index is -3.70. The fourth-order valence-corrected chi connectivity index (χ4v) is 6.28. The number of carbonyl (C=O) groups excluding carboxylic acids is 1. The minimum absolute atomic E-state index is 0.174. The van der Waals surface area contributed by atoms with Crippen LogP contribution < -0.4 is 0 Å². The van der Waals surface area contributed by atoms with Gasteiger partial charge in [-0.2, -0.15) is 4.31 Å². The van der Waals surface area contributed by atoms with Crippen LogP contribution in [0, 0.1) is 0 Å². The summed E-state index contributed by atoms with van der Waals surface area (Å²) in [6, 6.07) is 12.0. The molecule has 1 aromatic heterocycles. The Labute approximate surface area is 156 Å². The van der Waals surface area contributed by atoms with Gasteiger partial charge < -0.3 is 4.90 Å². The van der Waals surface area contributed by atoms with Gasteiger partial charge in [0, 0.05) is 20.1 Å². The van der Waals surface area contributed by atoms with Crippen molar-refractivity contribution >= 4 is 38.9 Å². The van der Waals surface area contributed by atoms with Crippen molar-refractivity contribution in [2.75, 3.05) is 13.6 Å². The molecule has 8 heteroatoms. The highest BCUT2D eigenvalue weighted by Gasteiger charge is 2.41. The largest absolute Gasteiger partial charge is 0.340 e. The van der Waals surface area contributed by atoms with E-state index in [9.17, 15) is 13.2 Å². The van der Waals surface area contributed by atoms with Crippen molar-refractivity contribution in [3.05, 3.63) is 52.4 Å². The average molecular weight is 399 g/mol. The third-order valence-electron chi connectivity index (χ3n) is 4.24. The molecule has 2 heterocycles. The molecule has 0 radical (unpaired) electrons. The number of benzene rings is 1. The summed E-state index contributed by atoms with van der Waals surface area (Å²) >= 11 is 6.89. The first-order valence-electron chi connectivity index (χ1n) is 7.95. The fourth-order valence-electron chi connectivity index (χ4n) is 3.02. The number of halogens is 1. The van der Waals surface area contributed by atoms with Crippen LogP contribution in [0.5, 0.6) is 0 Å². The van der Waals surface area contributed by atoms with Crippen LogP contribution in [0.2, 0.25) is 4.34 Å². The molecule has 0 aliphatic carbocycles. The number of hydrogen-bond donors (Lipinski definition) is 0. The Morgan fingerprint density at radius 2 is 2.00 bits per heavy atom. The first kappa shape index (κ1) is 18.4. The smallest absolute Gasteiger partial charge is 0.253 e. The van der Waals surface area contributed by atoms with E-state index < -0.39 is 16.1 Å². The molecule has 2 aromatic rings. The van der Waals surface area contributed by atoms with E-state index in [1.807, 2.05) is 30.3 Å². The molecule has 0 N–H and O–H groups in total. The first-order valence-corrected chi connectivity index (χ1v) is 10.6. The molecule has 25 heavy (non-hydrogen) atoms. The lowest BCUT2D eigenvalue weighted by atomic mass is 10.1. The van der Waals surface area contributed by atoms with Crippen LogP contribution in [0.15, 0.2) is 46.7 Å². The number of sulfonamides is 1. The van der Waals surface area contributed by atoms with E-state index in [4.69, 9.17) is 11.6 Å². The predicted octanol–water partition coefficient (Wildman–Crippen LogP) is 3.21. The fraction of sp³-hybridized carbons (Fsp3) is 0.353. The molecular weight excluding hydrogens is 380 g/mol. The molecule has 134 valence electrons. The number of amides is 1. The van der Waals surface area contributed by atoms with E-state index in [2.05, 4.69) is 0 Å². The maximum Gasteiger partial charge on any atom is 0.253 e. The zero-order chi connectivity index (χ0) is 18.0. The summed E-state index contributed by atoms with van der Waals surface area (Å²) in [4.78, 5) is 14.4. The number of likely N-dealkylation sites (N-methyl/N-ethyl adjacent to an activating group) is 1. The highest BCUT2D eigenvalue weighted by Crippen LogP contribution is 2.32. The Morgan fingerprint density at radius 3 is 2.64 bits per heavy atom. The molecular formula is C17H19ClN2O3S2. The summed E-state index contributed by atoms with van der Waals surface area (Å²) in [6.45, 7) is 0.808. The minimum Gasteiger partial charge on any atom is -0.340 e. The summed E-state index contributed by atoms with van der Waals surface area (Å²) in [5.41, 5.74) is 1.01. The van der Waals surface area contributed by atoms with E-state index in [1.165, 1.54) is 10.4 Å². The van der Waals surface area contributed by atoms with E-state index in [0.29, 0.717) is 30.3 Å². The van der Waals surface area contributed by atoms with Gasteiger partial charge in [-0.3, -0.25) is 4.79 Å². The molecule has 0 bridgehead atoms. The van der Waals surface area contributed by atoms with Crippen LogP contribution in [0.4, 0.5) is 0 Å². The van der Waals surface area contributed by atoms with E-state index in [0.717, 1.165) is 16.9 Å². The number of thiophene rings is 1. The van der Waals surface area contributed by atoms with Gasteiger partial charge in [0.15, 0.2) is 0 Å². The molecule has 1 aliphatic rings. The molecule has 1 aliphatic heterocycles. The quantitative estimate of drug-likeness (QED) is 0.777. The van der Waals surface area contributed by atoms with Gasteiger partial charge >= 0.3 is 0 Å². The van der Waals surface area contributed by atoms with Gasteiger partial charge in [0.25, 0.3) is 10.0 Å². The lowest BCUT2D eigenvalue weighted by Crippen LogP contribution is -2.46. The summed E-state index contributed by atoms with van der Waals surface area (Å²) in [6.07, 6.45) is 1.21. The Kier molecular flexibility index (Phi) is 5.48. The molecule has 1 saturated heterocycles. The molecule has 1 amide bonds. The Bertz CT molecular complexity index is 852. The molecule has 1 fully saturated rings. The Hall–Kier alpha value is -1.41. The normalized spacial score (nSPS) is 18.4. The Balaban J connectivity index is 1.78. The van der Waals surface area contributed by atoms with Gasteiger partial charge in [-0.25, -0.2) is 8.42 Å². The summed E-state index contributed by atoms with van der Waals surface area (Å²) < 4.78 is 27.6. The van der Waals surface area contributed by atoms with Crippen molar-refractivity contribution in [3.8, 4) is 0 Å². The SMILES string of the molecule is CN(Cc1ccccc1)C(=O)C1CCCN1S(=O)(=O)c1ccc(Cl)s1. The Morgan fingerprint density at radius 1 is 1.28 bits per heavy atom.